The molecule has 374 valence electrons. The Labute approximate surface area is 440 Å². The highest BCUT2D eigenvalue weighted by atomic mass is 32.2. The summed E-state index contributed by atoms with van der Waals surface area (Å²) in [5.41, 5.74) is 14.0. The van der Waals surface area contributed by atoms with Gasteiger partial charge >= 0.3 is 0 Å². The van der Waals surface area contributed by atoms with Crippen LogP contribution >= 0.6 is 0 Å². The summed E-state index contributed by atoms with van der Waals surface area (Å²) in [6.45, 7) is 0. The smallest absolute Gasteiger partial charge is 0.296 e. The summed E-state index contributed by atoms with van der Waals surface area (Å²) in [7, 11) is -2.84. The van der Waals surface area contributed by atoms with Gasteiger partial charge in [0, 0.05) is 64.3 Å². The van der Waals surface area contributed by atoms with Crippen LogP contribution in [0.4, 0.5) is 85.3 Å². The molecule has 76 heavy (non-hydrogen) atoms. The first-order chi connectivity index (χ1) is 37.0. The van der Waals surface area contributed by atoms with Crippen LogP contribution in [0.25, 0.3) is 0 Å². The molecule has 10 rings (SSSR count). The van der Waals surface area contributed by atoms with Crippen molar-refractivity contribution in [2.45, 2.75) is 4.90 Å². The number of allylic oxidation sites excluding steroid dienone is 8. The van der Waals surface area contributed by atoms with E-state index in [1.54, 1.807) is 24.3 Å². The Morgan fingerprint density at radius 1 is 0.342 bits per heavy atom. The van der Waals surface area contributed by atoms with Crippen LogP contribution in [0.15, 0.2) is 262 Å². The second kappa shape index (κ2) is 22.8. The summed E-state index contributed by atoms with van der Waals surface area (Å²) in [5, 5.41) is 30.3. The largest absolute Gasteiger partial charge is 0.506 e. The van der Waals surface area contributed by atoms with Gasteiger partial charge in [-0.05, 0) is 212 Å². The van der Waals surface area contributed by atoms with Crippen molar-refractivity contribution in [1.29, 1.82) is 0 Å². The molecule has 14 nitrogen and oxygen atoms in total. The predicted octanol–water partition coefficient (Wildman–Crippen LogP) is 15.3. The lowest BCUT2D eigenvalue weighted by Gasteiger charge is -2.16. The predicted molar refractivity (Wildman–Crippen MR) is 314 cm³/mol. The van der Waals surface area contributed by atoms with E-state index in [0.29, 0.717) is 11.4 Å². The topological polar surface area (TPSA) is 196 Å². The van der Waals surface area contributed by atoms with Crippen molar-refractivity contribution in [3.8, 4) is 5.75 Å². The van der Waals surface area contributed by atoms with Crippen molar-refractivity contribution in [2.75, 3.05) is 38.9 Å². The second-order valence-corrected chi connectivity index (χ2v) is 18.8. The third-order valence-electron chi connectivity index (χ3n) is 11.8. The molecule has 8 aromatic rings. The van der Waals surface area contributed by atoms with Crippen molar-refractivity contribution in [1.82, 2.24) is 0 Å². The van der Waals surface area contributed by atoms with Crippen LogP contribution in [0.2, 0.25) is 0 Å². The minimum absolute atomic E-state index is 0.00781. The van der Waals surface area contributed by atoms with E-state index >= 15 is 0 Å². The zero-order chi connectivity index (χ0) is 52.3. The fraction of sp³-hybridized carbons (Fsp3) is 0.0164. The minimum atomic E-state index is -4.72. The highest BCUT2D eigenvalue weighted by Crippen LogP contribution is 2.37. The van der Waals surface area contributed by atoms with Gasteiger partial charge in [0.05, 0.1) is 57.0 Å². The number of hydrogen-bond donors (Lipinski definition) is 8. The third kappa shape index (κ3) is 13.3. The fourth-order valence-corrected chi connectivity index (χ4v) is 8.60. The van der Waals surface area contributed by atoms with Gasteiger partial charge in [-0.3, -0.25) is 4.55 Å². The monoisotopic (exact) mass is 1020 g/mol. The number of aliphatic imine (C=N–C) groups is 4. The number of aromatic hydroxyl groups is 1. The number of nitrogens with zero attached hydrogens (tertiary/aromatic N) is 4. The lowest BCUT2D eigenvalue weighted by molar-refractivity contribution is 0.475. The molecule has 0 atom stereocenters. The minimum Gasteiger partial charge on any atom is -0.506 e. The van der Waals surface area contributed by atoms with E-state index in [9.17, 15) is 18.1 Å². The van der Waals surface area contributed by atoms with Gasteiger partial charge in [0.1, 0.15) is 10.6 Å². The first kappa shape index (κ1) is 49.5. The van der Waals surface area contributed by atoms with Gasteiger partial charge in [-0.15, -0.1) is 0 Å². The summed E-state index contributed by atoms with van der Waals surface area (Å²) in [6.07, 6.45) is 15.5. The second-order valence-electron chi connectivity index (χ2n) is 17.4. The Kier molecular flexibility index (Phi) is 14.8. The summed E-state index contributed by atoms with van der Waals surface area (Å²) in [6, 6.07) is 58.1. The molecule has 2 aliphatic rings. The maximum absolute atomic E-state index is 12.6. The van der Waals surface area contributed by atoms with E-state index in [2.05, 4.69) is 36.9 Å². The fourth-order valence-electron chi connectivity index (χ4n) is 7.95. The summed E-state index contributed by atoms with van der Waals surface area (Å²) in [5.74, 6) is -0.236. The first-order valence-electron chi connectivity index (χ1n) is 24.1. The zero-order valence-corrected chi connectivity index (χ0v) is 41.7. The number of benzene rings is 8. The van der Waals surface area contributed by atoms with Crippen LogP contribution in [0.3, 0.4) is 0 Å². The number of nitrogens with one attached hydrogen (secondary N) is 6. The van der Waals surface area contributed by atoms with E-state index in [0.717, 1.165) is 85.4 Å². The van der Waals surface area contributed by atoms with E-state index in [-0.39, 0.29) is 17.1 Å². The van der Waals surface area contributed by atoms with Crippen LogP contribution in [0.1, 0.15) is 0 Å². The Bertz CT molecular complexity index is 3700. The van der Waals surface area contributed by atoms with Crippen molar-refractivity contribution < 1.29 is 18.1 Å². The van der Waals surface area contributed by atoms with Crippen LogP contribution in [0.5, 0.6) is 5.75 Å². The highest BCUT2D eigenvalue weighted by molar-refractivity contribution is 7.86. The molecule has 0 unspecified atom stereocenters. The van der Waals surface area contributed by atoms with E-state index in [1.807, 2.05) is 207 Å². The molecule has 0 spiro atoms. The molecule has 0 fully saturated rings. The molecule has 8 N–H and O–H groups in total. The number of phenolic OH excluding ortho intramolecular Hbond substituents is 1. The quantitative estimate of drug-likeness (QED) is 0.0262. The standard InChI is InChI=1S/C61H50N10O4S/c1-62-41-7-9-43(10-8-41)64-45-15-17-47(18-16-45)66-50-23-27-52(28-24-50)68-54-31-35-56(36-32-54)70-58-40-61(76(73,74)75)59(39-60(58)72)71-57-37-33-55(34-38-57)69-53-29-25-51(26-30-53)67-49-21-19-48(20-22-49)65-46-13-11-44(12-14-46)63-42-5-3-2-4-6-42/h2-40,62-63,68-72H,1H3,(H,73,74,75). The highest BCUT2D eigenvalue weighted by Gasteiger charge is 2.20. The van der Waals surface area contributed by atoms with Gasteiger partial charge in [0.15, 0.2) is 0 Å². The molecule has 0 aliphatic heterocycles. The average Bonchev–Trinajstić information content (AvgIpc) is 3.43. The average molecular weight is 1020 g/mol. The van der Waals surface area contributed by atoms with Crippen LogP contribution in [-0.2, 0) is 10.1 Å². The number of para-hydroxylation sites is 1. The van der Waals surface area contributed by atoms with E-state index in [4.69, 9.17) is 15.0 Å². The molecule has 0 saturated heterocycles. The molecule has 8 aromatic carbocycles. The Balaban J connectivity index is 0.707. The third-order valence-corrected chi connectivity index (χ3v) is 12.7. The van der Waals surface area contributed by atoms with Crippen molar-refractivity contribution in [3.63, 3.8) is 0 Å². The Hall–Kier alpha value is -10.1. The van der Waals surface area contributed by atoms with Crippen LogP contribution in [0, 0.1) is 0 Å². The molecule has 0 aromatic heterocycles. The summed E-state index contributed by atoms with van der Waals surface area (Å²) >= 11 is 0. The Morgan fingerprint density at radius 2 is 0.618 bits per heavy atom. The van der Waals surface area contributed by atoms with Crippen molar-refractivity contribution in [2.24, 2.45) is 20.0 Å². The lowest BCUT2D eigenvalue weighted by atomic mass is 10.1. The lowest BCUT2D eigenvalue weighted by Crippen LogP contribution is -2.05. The van der Waals surface area contributed by atoms with Crippen LogP contribution < -0.4 is 31.9 Å². The number of phenols is 1. The SMILES string of the molecule is CNc1ccc(N=C2C=CC(=Nc3ccc(Nc4ccc(Nc5cc(S(=O)(=O)O)c(Nc6ccc(Nc7ccc(N=C8C=CC(=Nc9ccc(Nc%10ccccc%10)cc9)C=C8)cc7)cc6)cc5O)cc4)cc3)C=C2)cc1. The molecule has 0 saturated carbocycles. The number of rotatable bonds is 16. The molecule has 0 heterocycles. The van der Waals surface area contributed by atoms with Gasteiger partial charge in [0.2, 0.25) is 0 Å². The molecule has 0 radical (unpaired) electrons. The van der Waals surface area contributed by atoms with Gasteiger partial charge in [-0.2, -0.15) is 8.42 Å². The van der Waals surface area contributed by atoms with Gasteiger partial charge in [0.25, 0.3) is 10.1 Å². The summed E-state index contributed by atoms with van der Waals surface area (Å²) < 4.78 is 35.6. The molecule has 2 aliphatic carbocycles. The normalized spacial score (nSPS) is 12.7. The molecule has 0 amide bonds. The van der Waals surface area contributed by atoms with Crippen LogP contribution in [-0.4, -0.2) is 48.0 Å². The van der Waals surface area contributed by atoms with E-state index in [1.165, 1.54) is 12.1 Å². The summed E-state index contributed by atoms with van der Waals surface area (Å²) in [4.78, 5) is 18.5. The van der Waals surface area contributed by atoms with Gasteiger partial charge in [-0.1, -0.05) is 18.2 Å². The molecule has 15 heteroatoms. The number of anilines is 11. The first-order valence-corrected chi connectivity index (χ1v) is 25.6. The maximum Gasteiger partial charge on any atom is 0.296 e. The number of hydrogen-bond acceptors (Lipinski definition) is 13. The van der Waals surface area contributed by atoms with Crippen molar-refractivity contribution >= 4 is 118 Å². The molecule has 0 bridgehead atoms. The van der Waals surface area contributed by atoms with E-state index < -0.39 is 15.0 Å². The maximum atomic E-state index is 12.6. The van der Waals surface area contributed by atoms with Gasteiger partial charge in [-0.25, -0.2) is 20.0 Å². The van der Waals surface area contributed by atoms with Gasteiger partial charge < -0.3 is 37.0 Å². The Morgan fingerprint density at radius 3 is 0.934 bits per heavy atom. The van der Waals surface area contributed by atoms with Crippen molar-refractivity contribution in [3.05, 3.63) is 237 Å². The molecular weight excluding hydrogens is 969 g/mol. The molecular formula is C61H50N10O4S. The zero-order valence-electron chi connectivity index (χ0n) is 40.9.